The average Bonchev–Trinajstić information content (AvgIpc) is 2.78. The number of halogens is 1. The molecule has 160 valence electrons. The van der Waals surface area contributed by atoms with Gasteiger partial charge in [0.05, 0.1) is 19.3 Å². The highest BCUT2D eigenvalue weighted by Gasteiger charge is 2.25. The van der Waals surface area contributed by atoms with Crippen molar-refractivity contribution in [1.29, 1.82) is 0 Å². The number of nitrogens with zero attached hydrogens (tertiary/aromatic N) is 1. The third kappa shape index (κ3) is 4.57. The van der Waals surface area contributed by atoms with E-state index in [1.165, 1.54) is 0 Å². The fourth-order valence-corrected chi connectivity index (χ4v) is 3.80. The van der Waals surface area contributed by atoms with Crippen molar-refractivity contribution in [3.63, 3.8) is 0 Å². The van der Waals surface area contributed by atoms with Gasteiger partial charge in [0.25, 0.3) is 5.91 Å². The monoisotopic (exact) mass is 437 g/mol. The van der Waals surface area contributed by atoms with E-state index < -0.39 is 11.9 Å². The number of amides is 1. The van der Waals surface area contributed by atoms with Crippen LogP contribution in [0.2, 0.25) is 0 Å². The van der Waals surface area contributed by atoms with E-state index in [2.05, 4.69) is 0 Å². The van der Waals surface area contributed by atoms with E-state index >= 15 is 0 Å². The summed E-state index contributed by atoms with van der Waals surface area (Å²) >= 11 is 6.54. The van der Waals surface area contributed by atoms with Gasteiger partial charge >= 0.3 is 5.97 Å². The van der Waals surface area contributed by atoms with Gasteiger partial charge in [0.15, 0.2) is 5.75 Å². The molecule has 0 fully saturated rings. The molecular weight excluding hydrogens is 414 g/mol. The summed E-state index contributed by atoms with van der Waals surface area (Å²) in [4.78, 5) is 25.4. The molecule has 0 unspecified atom stereocenters. The summed E-state index contributed by atoms with van der Waals surface area (Å²) in [6.07, 6.45) is 0. The molecule has 0 aliphatic rings. The van der Waals surface area contributed by atoms with E-state index in [1.54, 1.807) is 46.1 Å². The second-order valence-electron chi connectivity index (χ2n) is 7.02. The second-order valence-corrected chi connectivity index (χ2v) is 7.35. The number of carbonyl (C=O) groups excluding carboxylic acids is 2. The van der Waals surface area contributed by atoms with E-state index in [1.807, 2.05) is 42.5 Å². The van der Waals surface area contributed by atoms with Gasteiger partial charge in [-0.3, -0.25) is 4.79 Å². The van der Waals surface area contributed by atoms with Crippen LogP contribution in [0.3, 0.4) is 0 Å². The molecule has 0 saturated carbocycles. The minimum absolute atomic E-state index is 0.282. The zero-order valence-corrected chi connectivity index (χ0v) is 18.7. The molecule has 3 aromatic carbocycles. The highest BCUT2D eigenvalue weighted by molar-refractivity contribution is 6.40. The van der Waals surface area contributed by atoms with Crippen molar-refractivity contribution in [2.75, 3.05) is 18.1 Å². The molecule has 0 aromatic heterocycles. The van der Waals surface area contributed by atoms with Crippen molar-refractivity contribution in [3.05, 3.63) is 82.9 Å². The van der Waals surface area contributed by atoms with E-state index in [4.69, 9.17) is 21.3 Å². The van der Waals surface area contributed by atoms with Gasteiger partial charge in [-0.2, -0.15) is 0 Å². The maximum atomic E-state index is 13.3. The lowest BCUT2D eigenvalue weighted by atomic mass is 9.98. The Morgan fingerprint density at radius 2 is 1.61 bits per heavy atom. The molecule has 0 spiro atoms. The number of para-hydroxylation sites is 1. The number of rotatable bonds is 6. The van der Waals surface area contributed by atoms with Gasteiger partial charge in [-0.25, -0.2) is 9.21 Å². The van der Waals surface area contributed by atoms with Crippen molar-refractivity contribution >= 4 is 29.3 Å². The Bertz CT molecular complexity index is 1090. The van der Waals surface area contributed by atoms with Crippen LogP contribution >= 0.6 is 11.8 Å². The molecule has 31 heavy (non-hydrogen) atoms. The Hall–Kier alpha value is -3.31. The van der Waals surface area contributed by atoms with Crippen LogP contribution in [0.25, 0.3) is 11.1 Å². The SMILES string of the molecule is CCOC(=O)c1cc(C)c(C(=O)N(Cl)c2cccc(-c3ccccc3)c2OC)c(C)c1. The Kier molecular flexibility index (Phi) is 6.98. The lowest BCUT2D eigenvalue weighted by Gasteiger charge is -2.21. The largest absolute Gasteiger partial charge is 0.494 e. The first-order chi connectivity index (χ1) is 14.9. The van der Waals surface area contributed by atoms with Crippen LogP contribution in [0.15, 0.2) is 60.7 Å². The summed E-state index contributed by atoms with van der Waals surface area (Å²) in [7, 11) is 1.55. The topological polar surface area (TPSA) is 55.8 Å². The van der Waals surface area contributed by atoms with Crippen molar-refractivity contribution in [3.8, 4) is 16.9 Å². The minimum atomic E-state index is -0.423. The molecule has 0 N–H and O–H groups in total. The number of aryl methyl sites for hydroxylation is 2. The Labute approximate surface area is 187 Å². The molecule has 3 aromatic rings. The van der Waals surface area contributed by atoms with Gasteiger partial charge < -0.3 is 9.47 Å². The number of hydrogen-bond donors (Lipinski definition) is 0. The predicted octanol–water partition coefficient (Wildman–Crippen LogP) is 5.96. The van der Waals surface area contributed by atoms with Gasteiger partial charge in [0, 0.05) is 22.9 Å². The lowest BCUT2D eigenvalue weighted by Crippen LogP contribution is -2.24. The zero-order chi connectivity index (χ0) is 22.5. The molecule has 0 atom stereocenters. The number of hydrogen-bond acceptors (Lipinski definition) is 4. The number of methoxy groups -OCH3 is 1. The van der Waals surface area contributed by atoms with Gasteiger partial charge in [0.1, 0.15) is 5.69 Å². The van der Waals surface area contributed by atoms with Crippen LogP contribution in [-0.2, 0) is 4.74 Å². The first kappa shape index (κ1) is 22.4. The van der Waals surface area contributed by atoms with Crippen molar-refractivity contribution in [2.45, 2.75) is 20.8 Å². The summed E-state index contributed by atoms with van der Waals surface area (Å²) in [6.45, 7) is 5.57. The molecule has 0 heterocycles. The first-order valence-corrected chi connectivity index (χ1v) is 10.2. The second kappa shape index (κ2) is 9.67. The summed E-state index contributed by atoms with van der Waals surface area (Å²) in [5.41, 5.74) is 4.31. The summed E-state index contributed by atoms with van der Waals surface area (Å²) < 4.78 is 11.8. The normalized spacial score (nSPS) is 10.5. The average molecular weight is 438 g/mol. The predicted molar refractivity (Wildman–Crippen MR) is 123 cm³/mol. The highest BCUT2D eigenvalue weighted by Crippen LogP contribution is 2.40. The van der Waals surface area contributed by atoms with Gasteiger partial charge in [0.2, 0.25) is 0 Å². The van der Waals surface area contributed by atoms with Crippen molar-refractivity contribution in [1.82, 2.24) is 0 Å². The maximum absolute atomic E-state index is 13.3. The van der Waals surface area contributed by atoms with Crippen LogP contribution in [0.1, 0.15) is 38.8 Å². The standard InChI is InChI=1S/C25H24ClNO4/c1-5-31-25(29)19-14-16(2)22(17(3)15-19)24(28)27(26)21-13-9-12-20(23(21)30-4)18-10-7-6-8-11-18/h6-15H,5H2,1-4H3. The molecule has 5 nitrogen and oxygen atoms in total. The van der Waals surface area contributed by atoms with E-state index in [9.17, 15) is 9.59 Å². The molecule has 0 aliphatic carbocycles. The van der Waals surface area contributed by atoms with Crippen LogP contribution in [0.4, 0.5) is 5.69 Å². The molecule has 1 amide bonds. The number of esters is 1. The van der Waals surface area contributed by atoms with Gasteiger partial charge in [-0.05, 0) is 55.7 Å². The van der Waals surface area contributed by atoms with E-state index in [0.29, 0.717) is 33.7 Å². The molecule has 6 heteroatoms. The van der Waals surface area contributed by atoms with E-state index in [-0.39, 0.29) is 6.61 Å². The smallest absolute Gasteiger partial charge is 0.338 e. The summed E-state index contributed by atoms with van der Waals surface area (Å²) in [6, 6.07) is 18.5. The highest BCUT2D eigenvalue weighted by atomic mass is 35.5. The third-order valence-electron chi connectivity index (χ3n) is 4.93. The Morgan fingerprint density at radius 1 is 0.968 bits per heavy atom. The molecule has 0 bridgehead atoms. The molecular formula is C25H24ClNO4. The van der Waals surface area contributed by atoms with Crippen molar-refractivity contribution < 1.29 is 19.1 Å². The van der Waals surface area contributed by atoms with Crippen LogP contribution in [-0.4, -0.2) is 25.6 Å². The number of anilines is 1. The van der Waals surface area contributed by atoms with E-state index in [0.717, 1.165) is 15.5 Å². The number of ether oxygens (including phenoxy) is 2. The van der Waals surface area contributed by atoms with Crippen LogP contribution in [0, 0.1) is 13.8 Å². The third-order valence-corrected chi connectivity index (χ3v) is 5.27. The zero-order valence-electron chi connectivity index (χ0n) is 17.9. The van der Waals surface area contributed by atoms with Crippen LogP contribution in [0.5, 0.6) is 5.75 Å². The first-order valence-electron chi connectivity index (χ1n) is 9.90. The quantitative estimate of drug-likeness (QED) is 0.353. The summed E-state index contributed by atoms with van der Waals surface area (Å²) in [5, 5.41) is 0. The molecule has 0 saturated heterocycles. The molecule has 0 aliphatic heterocycles. The Balaban J connectivity index is 2.02. The lowest BCUT2D eigenvalue weighted by molar-refractivity contribution is 0.0526. The van der Waals surface area contributed by atoms with Crippen LogP contribution < -0.4 is 9.16 Å². The number of benzene rings is 3. The number of carbonyl (C=O) groups is 2. The van der Waals surface area contributed by atoms with Crippen molar-refractivity contribution in [2.24, 2.45) is 0 Å². The van der Waals surface area contributed by atoms with Gasteiger partial charge in [-0.15, -0.1) is 0 Å². The molecule has 3 rings (SSSR count). The summed E-state index contributed by atoms with van der Waals surface area (Å²) in [5.74, 6) is -0.334. The Morgan fingerprint density at radius 3 is 2.19 bits per heavy atom. The van der Waals surface area contributed by atoms with Gasteiger partial charge in [-0.1, -0.05) is 42.5 Å². The maximum Gasteiger partial charge on any atom is 0.338 e. The fourth-order valence-electron chi connectivity index (χ4n) is 3.58. The molecule has 0 radical (unpaired) electrons. The fraction of sp³-hybridized carbons (Fsp3) is 0.200. The minimum Gasteiger partial charge on any atom is -0.494 e.